The van der Waals surface area contributed by atoms with Crippen LogP contribution in [-0.2, 0) is 9.53 Å². The van der Waals surface area contributed by atoms with Crippen LogP contribution < -0.4 is 11.1 Å². The van der Waals surface area contributed by atoms with E-state index in [1.54, 1.807) is 27.0 Å². The Kier molecular flexibility index (Phi) is 4.45. The van der Waals surface area contributed by atoms with E-state index in [1.165, 1.54) is 6.08 Å². The molecule has 1 aromatic rings. The quantitative estimate of drug-likeness (QED) is 0.598. The summed E-state index contributed by atoms with van der Waals surface area (Å²) in [7, 11) is 1.73. The topological polar surface area (TPSA) is 90.1 Å². The van der Waals surface area contributed by atoms with E-state index in [4.69, 9.17) is 10.5 Å². The molecule has 0 aliphatic heterocycles. The minimum Gasteiger partial charge on any atom is -0.463 e. The number of hydrogen-bond donors (Lipinski definition) is 2. The van der Waals surface area contributed by atoms with Gasteiger partial charge in [-0.1, -0.05) is 0 Å². The number of esters is 1. The molecule has 1 heterocycles. The summed E-state index contributed by atoms with van der Waals surface area (Å²) < 4.78 is 4.79. The van der Waals surface area contributed by atoms with Gasteiger partial charge in [-0.15, -0.1) is 0 Å². The standard InChI is InChI=1S/C11H16N4O2/c1-4-17-9(16)6-5-8-7(2)14-11(12)15-10(8)13-3/h5-6H,4H2,1-3H3,(H3,12,13,14,15)/b6-5+. The van der Waals surface area contributed by atoms with E-state index in [9.17, 15) is 4.79 Å². The molecule has 0 fully saturated rings. The van der Waals surface area contributed by atoms with Crippen molar-refractivity contribution in [1.82, 2.24) is 9.97 Å². The van der Waals surface area contributed by atoms with Crippen LogP contribution in [0.4, 0.5) is 11.8 Å². The number of carbonyl (C=O) groups is 1. The van der Waals surface area contributed by atoms with Crippen LogP contribution in [0.25, 0.3) is 6.08 Å². The Bertz CT molecular complexity index is 443. The fourth-order valence-electron chi connectivity index (χ4n) is 1.34. The smallest absolute Gasteiger partial charge is 0.330 e. The summed E-state index contributed by atoms with van der Waals surface area (Å²) in [6.45, 7) is 3.89. The number of aromatic nitrogens is 2. The summed E-state index contributed by atoms with van der Waals surface area (Å²) in [6, 6.07) is 0. The molecular weight excluding hydrogens is 220 g/mol. The summed E-state index contributed by atoms with van der Waals surface area (Å²) in [5, 5.41) is 2.90. The Hall–Kier alpha value is -2.11. The second-order valence-corrected chi connectivity index (χ2v) is 3.26. The van der Waals surface area contributed by atoms with Gasteiger partial charge in [-0.05, 0) is 19.9 Å². The fourth-order valence-corrected chi connectivity index (χ4v) is 1.34. The third-order valence-corrected chi connectivity index (χ3v) is 2.06. The lowest BCUT2D eigenvalue weighted by molar-refractivity contribution is -0.137. The number of aryl methyl sites for hydroxylation is 1. The number of anilines is 2. The molecule has 1 aromatic heterocycles. The Labute approximate surface area is 99.9 Å². The van der Waals surface area contributed by atoms with E-state index in [-0.39, 0.29) is 5.95 Å². The van der Waals surface area contributed by atoms with Crippen LogP contribution >= 0.6 is 0 Å². The van der Waals surface area contributed by atoms with Gasteiger partial charge in [-0.3, -0.25) is 0 Å². The van der Waals surface area contributed by atoms with Gasteiger partial charge in [0.2, 0.25) is 5.95 Å². The molecule has 6 heteroatoms. The Morgan fingerprint density at radius 3 is 2.82 bits per heavy atom. The number of nitrogens with zero attached hydrogens (tertiary/aromatic N) is 2. The van der Waals surface area contributed by atoms with Crippen molar-refractivity contribution in [2.75, 3.05) is 24.7 Å². The lowest BCUT2D eigenvalue weighted by Crippen LogP contribution is -2.05. The maximum absolute atomic E-state index is 11.2. The Balaban J connectivity index is 3.01. The molecule has 1 rings (SSSR count). The zero-order valence-corrected chi connectivity index (χ0v) is 10.2. The second-order valence-electron chi connectivity index (χ2n) is 3.26. The first-order valence-corrected chi connectivity index (χ1v) is 5.25. The Morgan fingerprint density at radius 2 is 2.24 bits per heavy atom. The largest absolute Gasteiger partial charge is 0.463 e. The van der Waals surface area contributed by atoms with Gasteiger partial charge in [0.25, 0.3) is 0 Å². The van der Waals surface area contributed by atoms with Gasteiger partial charge in [0.1, 0.15) is 5.82 Å². The van der Waals surface area contributed by atoms with Gasteiger partial charge in [-0.2, -0.15) is 4.98 Å². The SMILES string of the molecule is CCOC(=O)/C=C/c1c(C)nc(N)nc1NC. The minimum absolute atomic E-state index is 0.195. The molecule has 0 saturated carbocycles. The number of nitrogen functional groups attached to an aromatic ring is 1. The van der Waals surface area contributed by atoms with Crippen molar-refractivity contribution in [2.45, 2.75) is 13.8 Å². The first kappa shape index (κ1) is 13.0. The molecule has 0 atom stereocenters. The molecule has 6 nitrogen and oxygen atoms in total. The van der Waals surface area contributed by atoms with Crippen LogP contribution in [0, 0.1) is 6.92 Å². The van der Waals surface area contributed by atoms with Gasteiger partial charge in [0, 0.05) is 18.7 Å². The number of rotatable bonds is 4. The first-order valence-electron chi connectivity index (χ1n) is 5.25. The van der Waals surface area contributed by atoms with Crippen LogP contribution in [0.15, 0.2) is 6.08 Å². The van der Waals surface area contributed by atoms with Gasteiger partial charge in [-0.25, -0.2) is 9.78 Å². The van der Waals surface area contributed by atoms with Crippen LogP contribution in [0.5, 0.6) is 0 Å². The summed E-state index contributed by atoms with van der Waals surface area (Å²) in [4.78, 5) is 19.3. The Morgan fingerprint density at radius 1 is 1.53 bits per heavy atom. The molecule has 17 heavy (non-hydrogen) atoms. The van der Waals surface area contributed by atoms with Crippen molar-refractivity contribution < 1.29 is 9.53 Å². The lowest BCUT2D eigenvalue weighted by Gasteiger charge is -2.07. The molecule has 0 amide bonds. The number of carbonyl (C=O) groups excluding carboxylic acids is 1. The zero-order chi connectivity index (χ0) is 12.8. The minimum atomic E-state index is -0.397. The third-order valence-electron chi connectivity index (χ3n) is 2.06. The predicted molar refractivity (Wildman–Crippen MR) is 66.4 cm³/mol. The van der Waals surface area contributed by atoms with E-state index in [0.717, 1.165) is 5.56 Å². The van der Waals surface area contributed by atoms with Crippen LogP contribution in [0.2, 0.25) is 0 Å². The number of ether oxygens (including phenoxy) is 1. The summed E-state index contributed by atoms with van der Waals surface area (Å²) in [6.07, 6.45) is 2.95. The van der Waals surface area contributed by atoms with Crippen molar-refractivity contribution in [3.05, 3.63) is 17.3 Å². The van der Waals surface area contributed by atoms with E-state index in [2.05, 4.69) is 15.3 Å². The monoisotopic (exact) mass is 236 g/mol. The molecule has 0 saturated heterocycles. The molecule has 0 aliphatic carbocycles. The molecule has 3 N–H and O–H groups in total. The average molecular weight is 236 g/mol. The molecule has 0 bridgehead atoms. The highest BCUT2D eigenvalue weighted by Gasteiger charge is 2.07. The molecule has 0 aliphatic rings. The molecular formula is C11H16N4O2. The molecule has 0 spiro atoms. The molecule has 0 aromatic carbocycles. The van der Waals surface area contributed by atoms with Crippen molar-refractivity contribution >= 4 is 23.8 Å². The van der Waals surface area contributed by atoms with E-state index >= 15 is 0 Å². The number of nitrogens with one attached hydrogen (secondary N) is 1. The summed E-state index contributed by atoms with van der Waals surface area (Å²) in [5.74, 6) is 0.376. The average Bonchev–Trinajstić information content (AvgIpc) is 2.27. The van der Waals surface area contributed by atoms with Crippen LogP contribution in [0.3, 0.4) is 0 Å². The fraction of sp³-hybridized carbons (Fsp3) is 0.364. The van der Waals surface area contributed by atoms with E-state index in [0.29, 0.717) is 18.1 Å². The highest BCUT2D eigenvalue weighted by molar-refractivity contribution is 5.88. The zero-order valence-electron chi connectivity index (χ0n) is 10.2. The lowest BCUT2D eigenvalue weighted by atomic mass is 10.2. The normalized spacial score (nSPS) is 10.5. The summed E-state index contributed by atoms with van der Waals surface area (Å²) >= 11 is 0. The highest BCUT2D eigenvalue weighted by Crippen LogP contribution is 2.18. The van der Waals surface area contributed by atoms with Gasteiger partial charge in [0.15, 0.2) is 0 Å². The third kappa shape index (κ3) is 3.44. The van der Waals surface area contributed by atoms with Gasteiger partial charge < -0.3 is 15.8 Å². The van der Waals surface area contributed by atoms with Crippen LogP contribution in [0.1, 0.15) is 18.2 Å². The highest BCUT2D eigenvalue weighted by atomic mass is 16.5. The van der Waals surface area contributed by atoms with Crippen molar-refractivity contribution in [3.63, 3.8) is 0 Å². The number of hydrogen-bond acceptors (Lipinski definition) is 6. The maximum Gasteiger partial charge on any atom is 0.330 e. The predicted octanol–water partition coefficient (Wildman–Crippen LogP) is 0.985. The van der Waals surface area contributed by atoms with Crippen molar-refractivity contribution in [1.29, 1.82) is 0 Å². The van der Waals surface area contributed by atoms with Gasteiger partial charge in [0.05, 0.1) is 12.3 Å². The van der Waals surface area contributed by atoms with Crippen molar-refractivity contribution in [3.8, 4) is 0 Å². The second kappa shape index (κ2) is 5.83. The first-order chi connectivity index (χ1) is 8.08. The molecule has 0 unspecified atom stereocenters. The van der Waals surface area contributed by atoms with Crippen LogP contribution in [-0.4, -0.2) is 29.6 Å². The maximum atomic E-state index is 11.2. The van der Waals surface area contributed by atoms with E-state index in [1.807, 2.05) is 0 Å². The molecule has 0 radical (unpaired) electrons. The summed E-state index contributed by atoms with van der Waals surface area (Å²) in [5.41, 5.74) is 6.94. The van der Waals surface area contributed by atoms with E-state index < -0.39 is 5.97 Å². The number of nitrogens with two attached hydrogens (primary N) is 1. The van der Waals surface area contributed by atoms with Crippen molar-refractivity contribution in [2.24, 2.45) is 0 Å². The van der Waals surface area contributed by atoms with Gasteiger partial charge >= 0.3 is 5.97 Å². The molecule has 92 valence electrons.